The Kier molecular flexibility index (Phi) is 9.98. The van der Waals surface area contributed by atoms with Crippen LogP contribution in [0, 0.1) is 28.4 Å². The molecule has 1 atom stereocenters. The largest absolute Gasteiger partial charge is 0.490 e. The molecule has 1 aromatic heterocycles. The first-order valence-corrected chi connectivity index (χ1v) is 11.3. The molecule has 2 rings (SSSR count). The highest BCUT2D eigenvalue weighted by atomic mass is 16.9. The van der Waals surface area contributed by atoms with Gasteiger partial charge >= 0.3 is 0 Å². The third-order valence-corrected chi connectivity index (χ3v) is 5.36. The number of aromatic nitrogens is 1. The topological polar surface area (TPSA) is 168 Å². The Balaban J connectivity index is 1.82. The lowest BCUT2D eigenvalue weighted by atomic mass is 10.1. The van der Waals surface area contributed by atoms with Crippen LogP contribution in [0.1, 0.15) is 30.4 Å². The van der Waals surface area contributed by atoms with Crippen LogP contribution >= 0.6 is 0 Å². The van der Waals surface area contributed by atoms with E-state index < -0.39 is 16.7 Å². The van der Waals surface area contributed by atoms with E-state index in [1.165, 1.54) is 6.07 Å². The molecule has 0 aliphatic carbocycles. The highest BCUT2D eigenvalue weighted by molar-refractivity contribution is 5.86. The predicted octanol–water partition coefficient (Wildman–Crippen LogP) is 1.02. The number of carbonyl (C=O) groups is 1. The van der Waals surface area contributed by atoms with Crippen molar-refractivity contribution in [1.29, 1.82) is 5.26 Å². The van der Waals surface area contributed by atoms with E-state index in [-0.39, 0.29) is 31.1 Å². The number of aliphatic hydroxyl groups is 1. The van der Waals surface area contributed by atoms with Gasteiger partial charge in [-0.15, -0.1) is 10.1 Å². The first-order chi connectivity index (χ1) is 16.5. The number of nitriles is 1. The lowest BCUT2D eigenvalue weighted by Gasteiger charge is -2.32. The van der Waals surface area contributed by atoms with Crippen LogP contribution in [0.4, 0.5) is 0 Å². The zero-order valence-corrected chi connectivity index (χ0v) is 20.2. The third kappa shape index (κ3) is 9.23. The number of hydrogen-bond donors (Lipinski definition) is 3. The maximum Gasteiger partial charge on any atom is 0.294 e. The molecule has 12 nitrogen and oxygen atoms in total. The van der Waals surface area contributed by atoms with Crippen LogP contribution in [-0.2, 0) is 9.63 Å². The van der Waals surface area contributed by atoms with E-state index in [1.54, 1.807) is 12.1 Å². The van der Waals surface area contributed by atoms with Crippen LogP contribution in [0.15, 0.2) is 23.0 Å². The predicted molar refractivity (Wildman–Crippen MR) is 127 cm³/mol. The average Bonchev–Trinajstić information content (AvgIpc) is 2.76. The second kappa shape index (κ2) is 12.7. The Morgan fingerprint density at radius 2 is 2.09 bits per heavy atom. The fourth-order valence-corrected chi connectivity index (χ4v) is 3.63. The summed E-state index contributed by atoms with van der Waals surface area (Å²) in [6.45, 7) is 3.21. The number of rotatable bonds is 14. The van der Waals surface area contributed by atoms with Gasteiger partial charge in [-0.1, -0.05) is 0 Å². The standard InChI is InChI=1S/C23H31N5O7/c1-16-10-20-19(12-17(13-24)23(31)26-20)21(11-16)34-15-18(29)14-28(2,3)8-7-25-22(30)6-4-5-9-35-27(32)33/h10-12,18,29H,4-9,14-15H2,1-3H3,(H-,25,26,30,31)/p+1. The zero-order chi connectivity index (χ0) is 26.0. The number of H-pyrrole nitrogens is 1. The summed E-state index contributed by atoms with van der Waals surface area (Å²) in [5.41, 5.74) is 0.929. The summed E-state index contributed by atoms with van der Waals surface area (Å²) in [6, 6.07) is 6.91. The molecular formula is C23H32N5O7+. The van der Waals surface area contributed by atoms with Crippen molar-refractivity contribution in [2.24, 2.45) is 0 Å². The number of hydrogen-bond acceptors (Lipinski definition) is 8. The van der Waals surface area contributed by atoms with Crippen molar-refractivity contribution in [2.45, 2.75) is 32.3 Å². The highest BCUT2D eigenvalue weighted by Gasteiger charge is 2.21. The Bertz CT molecular complexity index is 1140. The van der Waals surface area contributed by atoms with Crippen molar-refractivity contribution in [3.63, 3.8) is 0 Å². The molecule has 0 aliphatic rings. The number of benzene rings is 1. The summed E-state index contributed by atoms with van der Waals surface area (Å²) >= 11 is 0. The van der Waals surface area contributed by atoms with Crippen LogP contribution < -0.4 is 15.6 Å². The lowest BCUT2D eigenvalue weighted by molar-refractivity contribution is -0.892. The molecule has 2 aromatic rings. The van der Waals surface area contributed by atoms with Gasteiger partial charge in [0, 0.05) is 11.8 Å². The number of pyridine rings is 1. The quantitative estimate of drug-likeness (QED) is 0.153. The fraction of sp³-hybridized carbons (Fsp3) is 0.522. The molecular weight excluding hydrogens is 458 g/mol. The van der Waals surface area contributed by atoms with Gasteiger partial charge in [0.2, 0.25) is 5.91 Å². The number of quaternary nitrogens is 1. The van der Waals surface area contributed by atoms with E-state index in [2.05, 4.69) is 15.1 Å². The van der Waals surface area contributed by atoms with Gasteiger partial charge in [-0.3, -0.25) is 9.59 Å². The number of ether oxygens (including phenoxy) is 1. The van der Waals surface area contributed by atoms with E-state index in [1.807, 2.05) is 27.1 Å². The van der Waals surface area contributed by atoms with Crippen molar-refractivity contribution < 1.29 is 29.0 Å². The number of aromatic amines is 1. The minimum Gasteiger partial charge on any atom is -0.490 e. The zero-order valence-electron chi connectivity index (χ0n) is 20.2. The highest BCUT2D eigenvalue weighted by Crippen LogP contribution is 2.26. The molecule has 1 heterocycles. The van der Waals surface area contributed by atoms with Gasteiger partial charge in [-0.25, -0.2) is 0 Å². The van der Waals surface area contributed by atoms with Gasteiger partial charge in [0.15, 0.2) is 0 Å². The van der Waals surface area contributed by atoms with Gasteiger partial charge in [0.1, 0.15) is 36.6 Å². The summed E-state index contributed by atoms with van der Waals surface area (Å²) in [6.07, 6.45) is 0.377. The van der Waals surface area contributed by atoms with E-state index in [0.29, 0.717) is 53.6 Å². The Hall–Kier alpha value is -3.69. The number of amides is 1. The minimum atomic E-state index is -0.852. The molecule has 1 amide bonds. The average molecular weight is 491 g/mol. The number of unbranched alkanes of at least 4 members (excludes halogenated alkanes) is 1. The van der Waals surface area contributed by atoms with Crippen LogP contribution in [0.25, 0.3) is 10.9 Å². The smallest absolute Gasteiger partial charge is 0.294 e. The lowest BCUT2D eigenvalue weighted by Crippen LogP contribution is -2.50. The summed E-state index contributed by atoms with van der Waals surface area (Å²) < 4.78 is 6.29. The fourth-order valence-electron chi connectivity index (χ4n) is 3.63. The Morgan fingerprint density at radius 1 is 1.34 bits per heavy atom. The van der Waals surface area contributed by atoms with Gasteiger partial charge in [0.05, 0.1) is 39.3 Å². The van der Waals surface area contributed by atoms with Crippen molar-refractivity contribution >= 4 is 16.8 Å². The van der Waals surface area contributed by atoms with Crippen molar-refractivity contribution in [1.82, 2.24) is 10.3 Å². The summed E-state index contributed by atoms with van der Waals surface area (Å²) in [5.74, 6) is 0.323. The molecule has 190 valence electrons. The molecule has 1 aromatic carbocycles. The number of aryl methyl sites for hydroxylation is 1. The SMILES string of the molecule is Cc1cc(OCC(O)C[N+](C)(C)CCNC(=O)CCCCO[N+](=O)[O-])c2cc(C#N)c(=O)[nH]c2c1. The molecule has 0 bridgehead atoms. The van der Waals surface area contributed by atoms with Crippen LogP contribution in [0.3, 0.4) is 0 Å². The Morgan fingerprint density at radius 3 is 2.77 bits per heavy atom. The number of carbonyl (C=O) groups excluding carboxylic acids is 1. The van der Waals surface area contributed by atoms with Gasteiger partial charge in [-0.2, -0.15) is 5.26 Å². The summed E-state index contributed by atoms with van der Waals surface area (Å²) in [4.78, 5) is 40.8. The van der Waals surface area contributed by atoms with Gasteiger partial charge in [0.25, 0.3) is 10.6 Å². The first-order valence-electron chi connectivity index (χ1n) is 11.3. The normalized spacial score (nSPS) is 12.1. The Labute approximate surface area is 202 Å². The number of nitrogens with zero attached hydrogens (tertiary/aromatic N) is 3. The van der Waals surface area contributed by atoms with Gasteiger partial charge < -0.3 is 29.5 Å². The monoisotopic (exact) mass is 490 g/mol. The molecule has 0 aliphatic heterocycles. The van der Waals surface area contributed by atoms with Crippen LogP contribution in [0.5, 0.6) is 5.75 Å². The number of fused-ring (bicyclic) bond motifs is 1. The first kappa shape index (κ1) is 27.6. The molecule has 1 unspecified atom stereocenters. The number of aliphatic hydroxyl groups excluding tert-OH is 1. The molecule has 0 saturated carbocycles. The van der Waals surface area contributed by atoms with E-state index >= 15 is 0 Å². The molecule has 0 radical (unpaired) electrons. The number of likely N-dealkylation sites (N-methyl/N-ethyl adjacent to an activating group) is 1. The van der Waals surface area contributed by atoms with Crippen molar-refractivity contribution in [3.8, 4) is 11.8 Å². The molecule has 12 heteroatoms. The van der Waals surface area contributed by atoms with E-state index in [9.17, 15) is 24.8 Å². The second-order valence-electron chi connectivity index (χ2n) is 9.02. The molecule has 3 N–H and O–H groups in total. The molecule has 0 saturated heterocycles. The van der Waals surface area contributed by atoms with E-state index in [4.69, 9.17) is 10.00 Å². The number of nitrogens with one attached hydrogen (secondary N) is 2. The second-order valence-corrected chi connectivity index (χ2v) is 9.02. The third-order valence-electron chi connectivity index (χ3n) is 5.36. The maximum absolute atomic E-state index is 11.9. The summed E-state index contributed by atoms with van der Waals surface area (Å²) in [5, 5.41) is 32.3. The molecule has 35 heavy (non-hydrogen) atoms. The summed E-state index contributed by atoms with van der Waals surface area (Å²) in [7, 11) is 3.85. The van der Waals surface area contributed by atoms with Crippen LogP contribution in [-0.4, -0.2) is 78.6 Å². The van der Waals surface area contributed by atoms with Crippen molar-refractivity contribution in [2.75, 3.05) is 46.9 Å². The van der Waals surface area contributed by atoms with Crippen molar-refractivity contribution in [3.05, 3.63) is 49.8 Å². The van der Waals surface area contributed by atoms with E-state index in [0.717, 1.165) is 5.56 Å². The van der Waals surface area contributed by atoms with Crippen LogP contribution in [0.2, 0.25) is 0 Å². The van der Waals surface area contributed by atoms with Gasteiger partial charge in [-0.05, 0) is 43.5 Å². The molecule has 0 fully saturated rings. The maximum atomic E-state index is 11.9. The minimum absolute atomic E-state index is 0.0137. The molecule has 0 spiro atoms.